The van der Waals surface area contributed by atoms with E-state index in [2.05, 4.69) is 21.6 Å². The molecule has 1 aliphatic heterocycles. The van der Waals surface area contributed by atoms with Gasteiger partial charge in [-0.2, -0.15) is 0 Å². The third kappa shape index (κ3) is 4.98. The fraction of sp³-hybridized carbons (Fsp3) is 0.481. The van der Waals surface area contributed by atoms with E-state index in [0.717, 1.165) is 49.2 Å². The van der Waals surface area contributed by atoms with Gasteiger partial charge < -0.3 is 25.2 Å². The average molecular weight is 483 g/mol. The number of aryl methyl sites for hydroxylation is 1. The second-order valence-electron chi connectivity index (χ2n) is 9.84. The zero-order valence-electron chi connectivity index (χ0n) is 21.0. The van der Waals surface area contributed by atoms with Crippen LogP contribution in [0.1, 0.15) is 53.6 Å². The van der Waals surface area contributed by atoms with Crippen LogP contribution in [-0.2, 0) is 11.3 Å². The predicted octanol–water partition coefficient (Wildman–Crippen LogP) is 4.41. The Kier molecular flexibility index (Phi) is 7.31. The summed E-state index contributed by atoms with van der Waals surface area (Å²) in [5.74, 6) is -0.800. The molecule has 0 bridgehead atoms. The van der Waals surface area contributed by atoms with Crippen molar-refractivity contribution < 1.29 is 18.7 Å². The Bertz CT molecular complexity index is 1110. The third-order valence-electron chi connectivity index (χ3n) is 7.18. The number of ether oxygens (including phenoxy) is 1. The second kappa shape index (κ2) is 10.2. The van der Waals surface area contributed by atoms with Crippen LogP contribution in [0.2, 0.25) is 0 Å². The van der Waals surface area contributed by atoms with Crippen molar-refractivity contribution in [2.24, 2.45) is 0 Å². The Labute approximate surface area is 206 Å². The van der Waals surface area contributed by atoms with E-state index in [0.29, 0.717) is 30.6 Å². The van der Waals surface area contributed by atoms with Crippen LogP contribution in [0, 0.1) is 12.7 Å². The Hall–Kier alpha value is -3.13. The molecule has 1 fully saturated rings. The zero-order chi connectivity index (χ0) is 25.2. The highest BCUT2D eigenvalue weighted by Crippen LogP contribution is 2.41. The minimum atomic E-state index is -0.963. The van der Waals surface area contributed by atoms with Gasteiger partial charge in [0.05, 0.1) is 7.11 Å². The molecular weight excluding hydrogens is 447 g/mol. The van der Waals surface area contributed by atoms with Gasteiger partial charge >= 0.3 is 0 Å². The quantitative estimate of drug-likeness (QED) is 0.583. The minimum Gasteiger partial charge on any atom is -0.494 e. The number of carbonyl (C=O) groups is 2. The van der Waals surface area contributed by atoms with E-state index < -0.39 is 11.4 Å². The summed E-state index contributed by atoms with van der Waals surface area (Å²) in [6.07, 6.45) is 3.93. The van der Waals surface area contributed by atoms with Crippen LogP contribution < -0.4 is 15.4 Å². The molecule has 2 aromatic carbocycles. The van der Waals surface area contributed by atoms with Gasteiger partial charge in [-0.1, -0.05) is 19.3 Å². The molecule has 4 rings (SSSR count). The van der Waals surface area contributed by atoms with Gasteiger partial charge in [-0.15, -0.1) is 0 Å². The topological polar surface area (TPSA) is 73.9 Å². The molecule has 0 atom stereocenters. The number of fused-ring (bicyclic) bond motifs is 1. The molecule has 188 valence electrons. The van der Waals surface area contributed by atoms with Gasteiger partial charge in [0, 0.05) is 42.6 Å². The number of benzene rings is 2. The molecular formula is C27H35FN4O3. The number of nitrogens with one attached hydrogen (secondary N) is 2. The van der Waals surface area contributed by atoms with Crippen molar-refractivity contribution in [3.63, 3.8) is 0 Å². The largest absolute Gasteiger partial charge is 0.494 e. The number of rotatable bonds is 8. The highest BCUT2D eigenvalue weighted by molar-refractivity contribution is 6.06. The van der Waals surface area contributed by atoms with Gasteiger partial charge in [0.15, 0.2) is 11.6 Å². The Morgan fingerprint density at radius 1 is 1.14 bits per heavy atom. The molecule has 1 saturated carbocycles. The predicted molar refractivity (Wildman–Crippen MR) is 135 cm³/mol. The molecule has 2 N–H and O–H groups in total. The summed E-state index contributed by atoms with van der Waals surface area (Å²) in [5.41, 5.74) is 2.97. The summed E-state index contributed by atoms with van der Waals surface area (Å²) in [5, 5.41) is 6.29. The molecule has 2 aliphatic rings. The highest BCUT2D eigenvalue weighted by atomic mass is 19.1. The summed E-state index contributed by atoms with van der Waals surface area (Å²) >= 11 is 0. The smallest absolute Gasteiger partial charge is 0.255 e. The SMILES string of the molecule is COc1ccc(NC(=O)C2(N3Cc4c(C)cc(NCCN(C)C)cc4C3=O)CCCCC2)cc1F. The third-order valence-corrected chi connectivity index (χ3v) is 7.18. The normalized spacial score (nSPS) is 16.9. The Morgan fingerprint density at radius 3 is 2.54 bits per heavy atom. The van der Waals surface area contributed by atoms with Crippen LogP contribution in [0.25, 0.3) is 0 Å². The molecule has 0 unspecified atom stereocenters. The number of halogens is 1. The van der Waals surface area contributed by atoms with Crippen LogP contribution in [0.5, 0.6) is 5.75 Å². The number of hydrogen-bond acceptors (Lipinski definition) is 5. The lowest BCUT2D eigenvalue weighted by atomic mass is 9.79. The first kappa shape index (κ1) is 25.0. The molecule has 0 saturated heterocycles. The van der Waals surface area contributed by atoms with Gasteiger partial charge in [-0.25, -0.2) is 4.39 Å². The van der Waals surface area contributed by atoms with Crippen molar-refractivity contribution in [1.29, 1.82) is 0 Å². The van der Waals surface area contributed by atoms with Gasteiger partial charge in [0.25, 0.3) is 5.91 Å². The number of carbonyl (C=O) groups excluding carboxylic acids is 2. The van der Waals surface area contributed by atoms with Crippen molar-refractivity contribution in [2.45, 2.75) is 51.1 Å². The maximum Gasteiger partial charge on any atom is 0.255 e. The van der Waals surface area contributed by atoms with E-state index >= 15 is 0 Å². The van der Waals surface area contributed by atoms with Crippen molar-refractivity contribution >= 4 is 23.2 Å². The molecule has 0 radical (unpaired) electrons. The summed E-state index contributed by atoms with van der Waals surface area (Å²) < 4.78 is 19.2. The fourth-order valence-corrected chi connectivity index (χ4v) is 5.21. The molecule has 2 aromatic rings. The highest BCUT2D eigenvalue weighted by Gasteiger charge is 2.50. The maximum absolute atomic E-state index is 14.2. The van der Waals surface area contributed by atoms with Crippen LogP contribution in [-0.4, -0.2) is 61.4 Å². The molecule has 0 aromatic heterocycles. The van der Waals surface area contributed by atoms with E-state index in [9.17, 15) is 14.0 Å². The lowest BCUT2D eigenvalue weighted by molar-refractivity contribution is -0.129. The lowest BCUT2D eigenvalue weighted by Gasteiger charge is -2.43. The summed E-state index contributed by atoms with van der Waals surface area (Å²) in [6, 6.07) is 8.34. The number of methoxy groups -OCH3 is 1. The fourth-order valence-electron chi connectivity index (χ4n) is 5.21. The van der Waals surface area contributed by atoms with E-state index in [1.807, 2.05) is 27.1 Å². The Balaban J connectivity index is 1.60. The Morgan fingerprint density at radius 2 is 1.89 bits per heavy atom. The number of likely N-dealkylation sites (N-methyl/N-ethyl adjacent to an activating group) is 1. The van der Waals surface area contributed by atoms with Gasteiger partial charge in [-0.3, -0.25) is 9.59 Å². The standard InChI is InChI=1S/C27H35FN4O3/c1-18-14-20(29-12-13-31(2)3)15-21-22(18)17-32(25(21)33)27(10-6-5-7-11-27)26(34)30-19-8-9-24(35-4)23(28)16-19/h8-9,14-16,29H,5-7,10-13,17H2,1-4H3,(H,30,34). The van der Waals surface area contributed by atoms with Crippen LogP contribution in [0.3, 0.4) is 0 Å². The molecule has 35 heavy (non-hydrogen) atoms. The zero-order valence-corrected chi connectivity index (χ0v) is 21.0. The first-order chi connectivity index (χ1) is 16.7. The number of anilines is 2. The minimum absolute atomic E-state index is 0.114. The van der Waals surface area contributed by atoms with Crippen molar-refractivity contribution in [1.82, 2.24) is 9.80 Å². The van der Waals surface area contributed by atoms with Crippen LogP contribution >= 0.6 is 0 Å². The molecule has 2 amide bonds. The lowest BCUT2D eigenvalue weighted by Crippen LogP contribution is -2.58. The first-order valence-electron chi connectivity index (χ1n) is 12.2. The maximum atomic E-state index is 14.2. The van der Waals surface area contributed by atoms with Crippen LogP contribution in [0.4, 0.5) is 15.8 Å². The van der Waals surface area contributed by atoms with Gasteiger partial charge in [0.1, 0.15) is 5.54 Å². The number of amides is 2. The second-order valence-corrected chi connectivity index (χ2v) is 9.84. The van der Waals surface area contributed by atoms with Gasteiger partial charge in [0.2, 0.25) is 5.91 Å². The van der Waals surface area contributed by atoms with Crippen molar-refractivity contribution in [3.8, 4) is 5.75 Å². The summed E-state index contributed by atoms with van der Waals surface area (Å²) in [4.78, 5) is 31.3. The molecule has 8 heteroatoms. The monoisotopic (exact) mass is 482 g/mol. The number of nitrogens with zero attached hydrogens (tertiary/aromatic N) is 2. The van der Waals surface area contributed by atoms with Gasteiger partial charge in [-0.05, 0) is 69.3 Å². The van der Waals surface area contributed by atoms with E-state index in [1.165, 1.54) is 19.2 Å². The van der Waals surface area contributed by atoms with E-state index in [1.54, 1.807) is 11.0 Å². The van der Waals surface area contributed by atoms with Crippen LogP contribution in [0.15, 0.2) is 30.3 Å². The molecule has 1 heterocycles. The van der Waals surface area contributed by atoms with Crippen molar-refractivity contribution in [3.05, 3.63) is 52.8 Å². The molecule has 0 spiro atoms. The van der Waals surface area contributed by atoms with Crippen molar-refractivity contribution in [2.75, 3.05) is 44.9 Å². The van der Waals surface area contributed by atoms with E-state index in [4.69, 9.17) is 4.74 Å². The number of hydrogen-bond donors (Lipinski definition) is 2. The first-order valence-corrected chi connectivity index (χ1v) is 12.2. The summed E-state index contributed by atoms with van der Waals surface area (Å²) in [7, 11) is 5.44. The molecule has 1 aliphatic carbocycles. The summed E-state index contributed by atoms with van der Waals surface area (Å²) in [6.45, 7) is 4.07. The average Bonchev–Trinajstić information content (AvgIpc) is 3.17. The van der Waals surface area contributed by atoms with E-state index in [-0.39, 0.29) is 17.6 Å². The molecule has 7 nitrogen and oxygen atoms in total.